The first-order valence-corrected chi connectivity index (χ1v) is 9.39. The summed E-state index contributed by atoms with van der Waals surface area (Å²) >= 11 is 0. The van der Waals surface area contributed by atoms with Gasteiger partial charge in [-0.05, 0) is 25.0 Å². The second kappa shape index (κ2) is 8.19. The number of nitrogens with two attached hydrogens (primary N) is 2. The molecule has 1 fully saturated rings. The predicted octanol–water partition coefficient (Wildman–Crippen LogP) is 0.977. The Kier molecular flexibility index (Phi) is 5.29. The molecule has 0 aromatic carbocycles. The molecule has 1 aliphatic carbocycles. The van der Waals surface area contributed by atoms with Gasteiger partial charge in [0.2, 0.25) is 5.95 Å². The molecule has 11 nitrogen and oxygen atoms in total. The lowest BCUT2D eigenvalue weighted by atomic mass is 9.91. The maximum absolute atomic E-state index is 11.8. The first-order valence-electron chi connectivity index (χ1n) is 9.39. The molecule has 1 aliphatic rings. The van der Waals surface area contributed by atoms with Crippen LogP contribution in [0.3, 0.4) is 0 Å². The van der Waals surface area contributed by atoms with E-state index in [1.54, 1.807) is 29.5 Å². The van der Waals surface area contributed by atoms with Gasteiger partial charge >= 0.3 is 0 Å². The molecule has 0 bridgehead atoms. The third-order valence-electron chi connectivity index (χ3n) is 4.81. The van der Waals surface area contributed by atoms with Crippen molar-refractivity contribution in [3.8, 4) is 5.69 Å². The number of anilines is 3. The van der Waals surface area contributed by atoms with E-state index in [0.717, 1.165) is 31.4 Å². The van der Waals surface area contributed by atoms with Crippen molar-refractivity contribution in [2.45, 2.75) is 37.8 Å². The molecule has 0 unspecified atom stereocenters. The van der Waals surface area contributed by atoms with Gasteiger partial charge < -0.3 is 22.1 Å². The topological polar surface area (TPSA) is 163 Å². The molecule has 6 N–H and O–H groups in total. The van der Waals surface area contributed by atoms with Gasteiger partial charge in [0.15, 0.2) is 11.5 Å². The zero-order chi connectivity index (χ0) is 20.2. The first kappa shape index (κ1) is 18.7. The van der Waals surface area contributed by atoms with Crippen LogP contribution in [-0.2, 0) is 0 Å². The van der Waals surface area contributed by atoms with E-state index in [2.05, 4.69) is 35.9 Å². The molecule has 4 rings (SSSR count). The summed E-state index contributed by atoms with van der Waals surface area (Å²) < 4.78 is 1.67. The molecule has 29 heavy (non-hydrogen) atoms. The third-order valence-corrected chi connectivity index (χ3v) is 4.81. The quantitative estimate of drug-likeness (QED) is 0.477. The average molecular weight is 394 g/mol. The number of amides is 1. The molecule has 3 heterocycles. The number of aromatic nitrogens is 6. The fourth-order valence-electron chi connectivity index (χ4n) is 3.32. The molecule has 2 atom stereocenters. The molecule has 150 valence electrons. The van der Waals surface area contributed by atoms with Crippen LogP contribution in [-0.4, -0.2) is 47.9 Å². The summed E-state index contributed by atoms with van der Waals surface area (Å²) in [6.45, 7) is 0. The number of rotatable bonds is 6. The van der Waals surface area contributed by atoms with Crippen molar-refractivity contribution in [3.63, 3.8) is 0 Å². The van der Waals surface area contributed by atoms with Crippen molar-refractivity contribution in [3.05, 3.63) is 42.6 Å². The number of carbonyl (C=O) groups is 1. The monoisotopic (exact) mass is 394 g/mol. The number of nitrogens with one attached hydrogen (secondary N) is 2. The molecule has 3 aromatic heterocycles. The lowest BCUT2D eigenvalue weighted by Crippen LogP contribution is -2.43. The van der Waals surface area contributed by atoms with Crippen molar-refractivity contribution in [2.75, 3.05) is 10.6 Å². The van der Waals surface area contributed by atoms with Crippen molar-refractivity contribution in [1.29, 1.82) is 0 Å². The van der Waals surface area contributed by atoms with Gasteiger partial charge in [-0.15, -0.1) is 10.2 Å². The van der Waals surface area contributed by atoms with Crippen LogP contribution in [0.2, 0.25) is 0 Å². The van der Waals surface area contributed by atoms with E-state index in [9.17, 15) is 4.79 Å². The maximum atomic E-state index is 11.8. The first-order chi connectivity index (χ1) is 14.1. The Morgan fingerprint density at radius 3 is 2.83 bits per heavy atom. The summed E-state index contributed by atoms with van der Waals surface area (Å²) in [5, 5.41) is 18.4. The predicted molar refractivity (Wildman–Crippen MR) is 107 cm³/mol. The van der Waals surface area contributed by atoms with Gasteiger partial charge in [0.05, 0.1) is 23.8 Å². The average Bonchev–Trinajstić information content (AvgIpc) is 3.25. The zero-order valence-electron chi connectivity index (χ0n) is 15.7. The van der Waals surface area contributed by atoms with Crippen LogP contribution in [0, 0.1) is 0 Å². The highest BCUT2D eigenvalue weighted by Gasteiger charge is 2.23. The Balaban J connectivity index is 1.60. The van der Waals surface area contributed by atoms with Gasteiger partial charge in [0, 0.05) is 24.5 Å². The number of pyridine rings is 1. The van der Waals surface area contributed by atoms with E-state index in [1.807, 2.05) is 12.1 Å². The smallest absolute Gasteiger partial charge is 0.273 e. The number of hydrogen-bond acceptors (Lipinski definition) is 9. The highest BCUT2D eigenvalue weighted by molar-refractivity contribution is 5.96. The molecule has 0 spiro atoms. The standard InChI is InChI=1S/C18H22N10O/c19-13-4-1-2-5-14(13)24-18-25-17(15(16(20)29)26-27-18)23-11-8-12(10-21-9-11)28-7-3-6-22-28/h3,6-10,13-14H,1-2,4-5,19H2,(H2,20,29)(H2,23,24,25,27)/t13-,14+/m0/s1. The van der Waals surface area contributed by atoms with E-state index in [1.165, 1.54) is 0 Å². The van der Waals surface area contributed by atoms with E-state index >= 15 is 0 Å². The van der Waals surface area contributed by atoms with Crippen LogP contribution in [0.1, 0.15) is 36.2 Å². The van der Waals surface area contributed by atoms with Crippen LogP contribution in [0.5, 0.6) is 0 Å². The zero-order valence-corrected chi connectivity index (χ0v) is 15.7. The maximum Gasteiger partial charge on any atom is 0.273 e. The molecule has 3 aromatic rings. The van der Waals surface area contributed by atoms with Crippen LogP contribution < -0.4 is 22.1 Å². The van der Waals surface area contributed by atoms with Crippen molar-refractivity contribution in [2.24, 2.45) is 11.5 Å². The van der Waals surface area contributed by atoms with Gasteiger partial charge in [0.1, 0.15) is 0 Å². The summed E-state index contributed by atoms with van der Waals surface area (Å²) in [4.78, 5) is 20.4. The molecule has 0 saturated heterocycles. The highest BCUT2D eigenvalue weighted by atomic mass is 16.1. The fraction of sp³-hybridized carbons (Fsp3) is 0.333. The SMILES string of the molecule is NC(=O)c1nnc(N[C@@H]2CCCC[C@@H]2N)nc1Nc1cncc(-n2cccn2)c1. The molecular weight excluding hydrogens is 372 g/mol. The Hall–Kier alpha value is -3.60. The van der Waals surface area contributed by atoms with Gasteiger partial charge in [-0.1, -0.05) is 12.8 Å². The summed E-state index contributed by atoms with van der Waals surface area (Å²) in [5.41, 5.74) is 12.9. The number of hydrogen-bond donors (Lipinski definition) is 4. The van der Waals surface area contributed by atoms with Gasteiger partial charge in [-0.25, -0.2) is 4.68 Å². The Morgan fingerprint density at radius 2 is 2.07 bits per heavy atom. The molecule has 0 radical (unpaired) electrons. The minimum Gasteiger partial charge on any atom is -0.364 e. The van der Waals surface area contributed by atoms with E-state index in [0.29, 0.717) is 5.69 Å². The largest absolute Gasteiger partial charge is 0.364 e. The van der Waals surface area contributed by atoms with Crippen LogP contribution in [0.15, 0.2) is 36.9 Å². The minimum atomic E-state index is -0.732. The fourth-order valence-corrected chi connectivity index (χ4v) is 3.32. The van der Waals surface area contributed by atoms with Crippen molar-refractivity contribution < 1.29 is 4.79 Å². The van der Waals surface area contributed by atoms with Crippen LogP contribution >= 0.6 is 0 Å². The Morgan fingerprint density at radius 1 is 1.21 bits per heavy atom. The third kappa shape index (κ3) is 4.29. The molecule has 0 aliphatic heterocycles. The van der Waals surface area contributed by atoms with E-state index < -0.39 is 5.91 Å². The Labute approximate surface area is 166 Å². The van der Waals surface area contributed by atoms with Crippen molar-refractivity contribution >= 4 is 23.4 Å². The van der Waals surface area contributed by atoms with Gasteiger partial charge in [-0.3, -0.25) is 9.78 Å². The Bertz CT molecular complexity index is 990. The second-order valence-corrected chi connectivity index (χ2v) is 6.90. The minimum absolute atomic E-state index is 0.0227. The highest BCUT2D eigenvalue weighted by Crippen LogP contribution is 2.22. The van der Waals surface area contributed by atoms with E-state index in [-0.39, 0.29) is 29.5 Å². The summed E-state index contributed by atoms with van der Waals surface area (Å²) in [6.07, 6.45) is 10.8. The van der Waals surface area contributed by atoms with Crippen LogP contribution in [0.4, 0.5) is 17.5 Å². The molecule has 11 heteroatoms. The number of carbonyl (C=O) groups excluding carboxylic acids is 1. The number of nitrogens with zero attached hydrogens (tertiary/aromatic N) is 6. The summed E-state index contributed by atoms with van der Waals surface area (Å²) in [5.74, 6) is -0.251. The number of primary amides is 1. The summed E-state index contributed by atoms with van der Waals surface area (Å²) in [7, 11) is 0. The van der Waals surface area contributed by atoms with Crippen LogP contribution in [0.25, 0.3) is 5.69 Å². The lowest BCUT2D eigenvalue weighted by molar-refractivity contribution is 0.0995. The molecule has 1 saturated carbocycles. The second-order valence-electron chi connectivity index (χ2n) is 6.90. The summed E-state index contributed by atoms with van der Waals surface area (Å²) in [6, 6.07) is 3.71. The lowest BCUT2D eigenvalue weighted by Gasteiger charge is -2.29. The van der Waals surface area contributed by atoms with Gasteiger partial charge in [-0.2, -0.15) is 10.1 Å². The van der Waals surface area contributed by atoms with Gasteiger partial charge in [0.25, 0.3) is 5.91 Å². The molecular formula is C18H22N10O. The van der Waals surface area contributed by atoms with Crippen molar-refractivity contribution in [1.82, 2.24) is 29.9 Å². The molecule has 1 amide bonds. The van der Waals surface area contributed by atoms with E-state index in [4.69, 9.17) is 11.5 Å². The normalized spacial score (nSPS) is 18.9.